The molecule has 0 radical (unpaired) electrons. The van der Waals surface area contributed by atoms with Gasteiger partial charge in [0.05, 0.1) is 42.3 Å². The fourth-order valence-electron chi connectivity index (χ4n) is 7.46. The highest BCUT2D eigenvalue weighted by Gasteiger charge is 2.28. The molecule has 0 aliphatic heterocycles. The Balaban J connectivity index is 1.11. The number of aromatic amines is 2. The molecule has 0 aliphatic rings. The molecule has 0 saturated heterocycles. The molecule has 304 valence electrons. The molecule has 7 aromatic rings. The number of nitrogens with one attached hydrogen (secondary N) is 4. The summed E-state index contributed by atoms with van der Waals surface area (Å²) in [5, 5.41) is 9.35. The fourth-order valence-corrected chi connectivity index (χ4v) is 7.46. The second kappa shape index (κ2) is 18.2. The van der Waals surface area contributed by atoms with E-state index in [0.717, 1.165) is 67.6 Å². The zero-order chi connectivity index (χ0) is 41.5. The van der Waals surface area contributed by atoms with Crippen molar-refractivity contribution < 1.29 is 28.7 Å². The molecule has 0 unspecified atom stereocenters. The van der Waals surface area contributed by atoms with Crippen LogP contribution in [0.2, 0.25) is 0 Å². The summed E-state index contributed by atoms with van der Waals surface area (Å²) in [6, 6.07) is 29.2. The van der Waals surface area contributed by atoms with E-state index in [0.29, 0.717) is 30.3 Å². The van der Waals surface area contributed by atoms with Gasteiger partial charge >= 0.3 is 6.09 Å². The van der Waals surface area contributed by atoms with Crippen molar-refractivity contribution in [1.82, 2.24) is 40.4 Å². The lowest BCUT2D eigenvalue weighted by atomic mass is 9.98. The van der Waals surface area contributed by atoms with Gasteiger partial charge in [-0.1, -0.05) is 80.6 Å². The Bertz CT molecular complexity index is 2640. The maximum atomic E-state index is 14.1. The van der Waals surface area contributed by atoms with Crippen molar-refractivity contribution >= 4 is 67.4 Å². The largest absolute Gasteiger partial charge is 0.453 e. The highest BCUT2D eigenvalue weighted by atomic mass is 16.5. The minimum absolute atomic E-state index is 0.149. The normalized spacial score (nSPS) is 11.9. The minimum atomic E-state index is -0.866. The van der Waals surface area contributed by atoms with E-state index in [9.17, 15) is 19.2 Å². The van der Waals surface area contributed by atoms with Crippen LogP contribution in [0.1, 0.15) is 49.9 Å². The number of rotatable bonds is 16. The molecular weight excluding hydrogens is 749 g/mol. The van der Waals surface area contributed by atoms with E-state index in [4.69, 9.17) is 14.7 Å². The van der Waals surface area contributed by atoms with E-state index < -0.39 is 12.1 Å². The maximum Gasteiger partial charge on any atom is 0.407 e. The number of alkyl carbamates (subject to hydrolysis) is 1. The summed E-state index contributed by atoms with van der Waals surface area (Å²) in [4.78, 5) is 71.1. The minimum Gasteiger partial charge on any atom is -0.453 e. The van der Waals surface area contributed by atoms with Crippen LogP contribution in [0, 0.1) is 0 Å². The number of hydrogen-bond acceptors (Lipinski definition) is 8. The first kappa shape index (κ1) is 40.4. The number of carbonyl (C=O) groups excluding carboxylic acids is 4. The molecule has 7 rings (SSSR count). The molecule has 2 heterocycles. The van der Waals surface area contributed by atoms with E-state index in [2.05, 4.69) is 73.9 Å². The SMILES string of the molecule is CCCN(Cc1nc2c(ccc3cc(-c4ccc5c(ccc6[nH]c(CN(CCC)C(=O)[C@H](NC(=O)COC)c7ccccc7)nc65)c4)ccc32)[nH]1)C(=O)CNC(=O)OC. The lowest BCUT2D eigenvalue weighted by Crippen LogP contribution is -2.44. The summed E-state index contributed by atoms with van der Waals surface area (Å²) in [5.41, 5.74) is 6.17. The Hall–Kier alpha value is -6.80. The molecule has 2 aromatic heterocycles. The Morgan fingerprint density at radius 2 is 1.27 bits per heavy atom. The maximum absolute atomic E-state index is 14.1. The van der Waals surface area contributed by atoms with Gasteiger partial charge in [0.25, 0.3) is 0 Å². The van der Waals surface area contributed by atoms with Crippen LogP contribution in [-0.4, -0.2) is 94.0 Å². The molecular formula is C45H48N8O6. The summed E-state index contributed by atoms with van der Waals surface area (Å²) in [7, 11) is 2.70. The van der Waals surface area contributed by atoms with Gasteiger partial charge in [-0.25, -0.2) is 14.8 Å². The highest BCUT2D eigenvalue weighted by Crippen LogP contribution is 2.33. The number of ether oxygens (including phenoxy) is 2. The molecule has 0 spiro atoms. The molecule has 1 atom stereocenters. The van der Waals surface area contributed by atoms with E-state index in [1.807, 2.05) is 56.3 Å². The van der Waals surface area contributed by atoms with Gasteiger partial charge in [-0.15, -0.1) is 0 Å². The van der Waals surface area contributed by atoms with Gasteiger partial charge in [-0.05, 0) is 64.6 Å². The number of nitrogens with zero attached hydrogens (tertiary/aromatic N) is 4. The Labute approximate surface area is 341 Å². The number of amides is 4. The van der Waals surface area contributed by atoms with Crippen LogP contribution < -0.4 is 10.6 Å². The van der Waals surface area contributed by atoms with E-state index >= 15 is 0 Å². The molecule has 14 nitrogen and oxygen atoms in total. The first-order valence-electron chi connectivity index (χ1n) is 19.7. The average Bonchev–Trinajstić information content (AvgIpc) is 3.88. The number of imidazole rings is 2. The number of fused-ring (bicyclic) bond motifs is 6. The van der Waals surface area contributed by atoms with Crippen LogP contribution >= 0.6 is 0 Å². The topological polar surface area (TPSA) is 175 Å². The van der Waals surface area contributed by atoms with Crippen LogP contribution in [-0.2, 0) is 36.9 Å². The van der Waals surface area contributed by atoms with Gasteiger partial charge < -0.3 is 39.9 Å². The highest BCUT2D eigenvalue weighted by molar-refractivity contribution is 6.07. The van der Waals surface area contributed by atoms with E-state index in [1.165, 1.54) is 14.2 Å². The third-order valence-electron chi connectivity index (χ3n) is 10.2. The van der Waals surface area contributed by atoms with Gasteiger partial charge in [0.2, 0.25) is 17.7 Å². The van der Waals surface area contributed by atoms with E-state index in [-0.39, 0.29) is 44.0 Å². The summed E-state index contributed by atoms with van der Waals surface area (Å²) in [6.07, 6.45) is 0.833. The summed E-state index contributed by atoms with van der Waals surface area (Å²) in [6.45, 7) is 5.23. The molecule has 0 aliphatic carbocycles. The number of hydrogen-bond donors (Lipinski definition) is 4. The fraction of sp³-hybridized carbons (Fsp3) is 0.289. The molecule has 0 fully saturated rings. The quantitative estimate of drug-likeness (QED) is 0.0831. The smallest absolute Gasteiger partial charge is 0.407 e. The van der Waals surface area contributed by atoms with Crippen molar-refractivity contribution in [1.29, 1.82) is 0 Å². The number of carbonyl (C=O) groups is 4. The van der Waals surface area contributed by atoms with Crippen LogP contribution in [0.15, 0.2) is 91.0 Å². The predicted molar refractivity (Wildman–Crippen MR) is 227 cm³/mol. The van der Waals surface area contributed by atoms with Crippen molar-refractivity contribution in [2.24, 2.45) is 0 Å². The van der Waals surface area contributed by atoms with Crippen molar-refractivity contribution in [3.05, 3.63) is 108 Å². The van der Waals surface area contributed by atoms with Gasteiger partial charge in [0.15, 0.2) is 0 Å². The Kier molecular flexibility index (Phi) is 12.5. The Morgan fingerprint density at radius 3 is 1.81 bits per heavy atom. The van der Waals surface area contributed by atoms with Gasteiger partial charge in [0.1, 0.15) is 30.8 Å². The first-order chi connectivity index (χ1) is 28.7. The van der Waals surface area contributed by atoms with Crippen molar-refractivity contribution in [3.8, 4) is 11.1 Å². The second-order valence-electron chi connectivity index (χ2n) is 14.4. The third-order valence-corrected chi connectivity index (χ3v) is 10.2. The lowest BCUT2D eigenvalue weighted by molar-refractivity contribution is -0.138. The van der Waals surface area contributed by atoms with E-state index in [1.54, 1.807) is 9.80 Å². The summed E-state index contributed by atoms with van der Waals surface area (Å²) in [5.74, 6) is 0.490. The summed E-state index contributed by atoms with van der Waals surface area (Å²) < 4.78 is 9.61. The zero-order valence-corrected chi connectivity index (χ0v) is 33.6. The van der Waals surface area contributed by atoms with Crippen molar-refractivity contribution in [3.63, 3.8) is 0 Å². The number of benzene rings is 5. The zero-order valence-electron chi connectivity index (χ0n) is 33.6. The average molecular weight is 797 g/mol. The molecule has 4 N–H and O–H groups in total. The molecule has 0 saturated carbocycles. The van der Waals surface area contributed by atoms with Gasteiger partial charge in [-0.2, -0.15) is 0 Å². The third kappa shape index (κ3) is 9.02. The molecule has 59 heavy (non-hydrogen) atoms. The predicted octanol–water partition coefficient (Wildman–Crippen LogP) is 6.75. The standard InChI is InChI=1S/C45H48N8O6/c1-5-20-52(40(55)24-46-45(57)59-4)25-37-47-35-18-14-31-22-29(12-16-33(31)42(35)49-37)30-13-17-34-32(23-30)15-19-36-43(34)50-38(48-36)26-53(21-6-2)44(56)41(51-39(54)27-58-3)28-10-8-7-9-11-28/h7-19,22-23,41H,5-6,20-21,24-27H2,1-4H3,(H,46,57)(H,47,49)(H,48,50)(H,51,54)/t41-/m1/s1. The van der Waals surface area contributed by atoms with Crippen LogP contribution in [0.25, 0.3) is 54.7 Å². The first-order valence-corrected chi connectivity index (χ1v) is 19.7. The number of H-pyrrole nitrogens is 2. The second-order valence-corrected chi connectivity index (χ2v) is 14.4. The monoisotopic (exact) mass is 796 g/mol. The Morgan fingerprint density at radius 1 is 0.712 bits per heavy atom. The number of methoxy groups -OCH3 is 2. The molecule has 14 heteroatoms. The van der Waals surface area contributed by atoms with Crippen LogP contribution in [0.3, 0.4) is 0 Å². The van der Waals surface area contributed by atoms with Gasteiger partial charge in [0, 0.05) is 31.0 Å². The van der Waals surface area contributed by atoms with Crippen LogP contribution in [0.5, 0.6) is 0 Å². The van der Waals surface area contributed by atoms with Crippen molar-refractivity contribution in [2.45, 2.75) is 45.8 Å². The van der Waals surface area contributed by atoms with Gasteiger partial charge in [-0.3, -0.25) is 14.4 Å². The summed E-state index contributed by atoms with van der Waals surface area (Å²) >= 11 is 0. The molecule has 5 aromatic carbocycles. The molecule has 4 amide bonds. The molecule has 0 bridgehead atoms. The van der Waals surface area contributed by atoms with Crippen molar-refractivity contribution in [2.75, 3.05) is 40.5 Å². The lowest BCUT2D eigenvalue weighted by Gasteiger charge is -2.27. The number of aromatic nitrogens is 4. The van der Waals surface area contributed by atoms with Crippen LogP contribution in [0.4, 0.5) is 4.79 Å².